The molecule has 1 unspecified atom stereocenters. The fourth-order valence-corrected chi connectivity index (χ4v) is 6.72. The lowest BCUT2D eigenvalue weighted by atomic mass is 10.0. The van der Waals surface area contributed by atoms with Crippen LogP contribution in [0.2, 0.25) is 5.02 Å². The van der Waals surface area contributed by atoms with Gasteiger partial charge in [0.05, 0.1) is 35.8 Å². The quantitative estimate of drug-likeness (QED) is 0.0400. The van der Waals surface area contributed by atoms with Crippen LogP contribution in [-0.2, 0) is 4.79 Å². The first kappa shape index (κ1) is 41.2. The number of carbonyl (C=O) groups excluding carboxylic acids is 5. The number of hydrogen-bond donors (Lipinski definition) is 7. The van der Waals surface area contributed by atoms with Crippen LogP contribution < -0.4 is 42.0 Å². The molecule has 4 aromatic carbocycles. The van der Waals surface area contributed by atoms with Crippen LogP contribution in [0.25, 0.3) is 11.0 Å². The zero-order chi connectivity index (χ0) is 41.3. The Kier molecular flexibility index (Phi) is 13.2. The predicted molar refractivity (Wildman–Crippen MR) is 220 cm³/mol. The van der Waals surface area contributed by atoms with Crippen LogP contribution in [0, 0.1) is 0 Å². The molecule has 1 saturated heterocycles. The third-order valence-corrected chi connectivity index (χ3v) is 9.87. The van der Waals surface area contributed by atoms with Crippen molar-refractivity contribution < 1.29 is 33.4 Å². The number of ketones is 2. The number of benzene rings is 4. The highest BCUT2D eigenvalue weighted by molar-refractivity contribution is 6.32. The number of ether oxygens (including phenoxy) is 2. The van der Waals surface area contributed by atoms with Crippen molar-refractivity contribution in [3.63, 3.8) is 0 Å². The Morgan fingerprint density at radius 2 is 1.43 bits per heavy atom. The first-order valence-electron chi connectivity index (χ1n) is 18.5. The molecule has 302 valence electrons. The maximum atomic E-state index is 14.0. The molecular formula is C41H43ClN8O8. The number of hydrazine groups is 1. The van der Waals surface area contributed by atoms with Gasteiger partial charge in [0.1, 0.15) is 11.5 Å². The van der Waals surface area contributed by atoms with E-state index in [9.17, 15) is 28.8 Å². The number of hydrogen-bond acceptors (Lipinski definition) is 11. The third-order valence-electron chi connectivity index (χ3n) is 9.58. The lowest BCUT2D eigenvalue weighted by Gasteiger charge is -2.26. The number of rotatable bonds is 16. The zero-order valence-corrected chi connectivity index (χ0v) is 32.8. The summed E-state index contributed by atoms with van der Waals surface area (Å²) in [7, 11) is 2.74. The van der Waals surface area contributed by atoms with Gasteiger partial charge in [0.25, 0.3) is 17.7 Å². The van der Waals surface area contributed by atoms with E-state index in [1.54, 1.807) is 30.3 Å². The van der Waals surface area contributed by atoms with Crippen LogP contribution in [0.5, 0.6) is 11.5 Å². The number of halogens is 1. The Balaban J connectivity index is 1.15. The number of Topliss-reactive ketones (excluding diaryl/α,β-unsaturated/α-hetero) is 2. The normalized spacial score (nSPS) is 13.3. The van der Waals surface area contributed by atoms with Gasteiger partial charge in [-0.1, -0.05) is 18.0 Å². The molecule has 0 radical (unpaired) electrons. The molecule has 0 bridgehead atoms. The van der Waals surface area contributed by atoms with Gasteiger partial charge >= 0.3 is 5.69 Å². The Morgan fingerprint density at radius 3 is 2.14 bits per heavy atom. The van der Waals surface area contributed by atoms with E-state index < -0.39 is 29.3 Å². The predicted octanol–water partition coefficient (Wildman–Crippen LogP) is 5.00. The van der Waals surface area contributed by atoms with Gasteiger partial charge in [-0.15, -0.1) is 0 Å². The van der Waals surface area contributed by atoms with Crippen molar-refractivity contribution in [2.45, 2.75) is 32.2 Å². The first-order chi connectivity index (χ1) is 27.9. The van der Waals surface area contributed by atoms with Crippen LogP contribution in [-0.4, -0.2) is 90.6 Å². The van der Waals surface area contributed by atoms with Gasteiger partial charge in [0, 0.05) is 52.9 Å². The molecule has 0 saturated carbocycles. The molecule has 1 fully saturated rings. The standard InChI is InChI=1S/C41H43ClN8O8/c1-23(51)25-17-26(38(53)43-13-16-50-14-5-4-6-15-50)19-29(18-25)45-39(54)24-7-9-27(10-8-24)48-49-36(37(52)30-21-35(58-3)31(42)22-34(30)57-2)40(55)44-28-11-12-32-33(20-28)47-41(56)46-32/h7-12,17-22,36,48-49H,4-6,13-16H2,1-3H3,(H,43,53)(H,44,55)(H,45,54)(H2,46,47,56). The number of anilines is 3. The molecule has 1 aromatic heterocycles. The number of fused-ring (bicyclic) bond motifs is 1. The summed E-state index contributed by atoms with van der Waals surface area (Å²) in [6.45, 7) is 4.58. The summed E-state index contributed by atoms with van der Waals surface area (Å²) >= 11 is 6.27. The lowest BCUT2D eigenvalue weighted by Crippen LogP contribution is -2.49. The van der Waals surface area contributed by atoms with Gasteiger partial charge < -0.3 is 45.7 Å². The summed E-state index contributed by atoms with van der Waals surface area (Å²) in [6.07, 6.45) is 3.50. The molecule has 58 heavy (non-hydrogen) atoms. The number of aromatic nitrogens is 2. The average molecular weight is 811 g/mol. The van der Waals surface area contributed by atoms with Crippen molar-refractivity contribution in [3.05, 3.63) is 111 Å². The molecule has 0 aliphatic carbocycles. The lowest BCUT2D eigenvalue weighted by molar-refractivity contribution is -0.117. The van der Waals surface area contributed by atoms with E-state index in [1.807, 2.05) is 0 Å². The van der Waals surface area contributed by atoms with Crippen LogP contribution in [0.3, 0.4) is 0 Å². The fourth-order valence-electron chi connectivity index (χ4n) is 6.49. The molecule has 7 N–H and O–H groups in total. The molecule has 2 heterocycles. The summed E-state index contributed by atoms with van der Waals surface area (Å²) in [5, 5.41) is 8.57. The van der Waals surface area contributed by atoms with Crippen molar-refractivity contribution in [1.82, 2.24) is 25.6 Å². The van der Waals surface area contributed by atoms with Crippen molar-refractivity contribution in [3.8, 4) is 11.5 Å². The van der Waals surface area contributed by atoms with Crippen LogP contribution in [0.1, 0.15) is 67.6 Å². The monoisotopic (exact) mass is 810 g/mol. The number of piperidine rings is 1. The summed E-state index contributed by atoms with van der Waals surface area (Å²) in [6, 6.07) is 16.6. The summed E-state index contributed by atoms with van der Waals surface area (Å²) in [4.78, 5) is 85.9. The number of likely N-dealkylation sites (tertiary alicyclic amines) is 1. The number of nitrogens with one attached hydrogen (secondary N) is 7. The number of nitrogens with zero attached hydrogens (tertiary/aromatic N) is 1. The molecular weight excluding hydrogens is 768 g/mol. The fraction of sp³-hybridized carbons (Fsp3) is 0.268. The second kappa shape index (κ2) is 18.6. The van der Waals surface area contributed by atoms with Gasteiger partial charge in [-0.05, 0) is 99.6 Å². The van der Waals surface area contributed by atoms with E-state index in [-0.39, 0.29) is 56.2 Å². The highest BCUT2D eigenvalue weighted by Crippen LogP contribution is 2.33. The second-order valence-corrected chi connectivity index (χ2v) is 14.0. The minimum Gasteiger partial charge on any atom is -0.496 e. The van der Waals surface area contributed by atoms with E-state index in [0.717, 1.165) is 32.5 Å². The molecule has 3 amide bonds. The molecule has 17 heteroatoms. The molecule has 1 aliphatic heterocycles. The van der Waals surface area contributed by atoms with Crippen molar-refractivity contribution in [1.29, 1.82) is 0 Å². The molecule has 6 rings (SSSR count). The molecule has 1 aliphatic rings. The van der Waals surface area contributed by atoms with Crippen molar-refractivity contribution in [2.75, 3.05) is 56.5 Å². The topological polar surface area (TPSA) is 216 Å². The second-order valence-electron chi connectivity index (χ2n) is 13.6. The average Bonchev–Trinajstić information content (AvgIpc) is 3.60. The van der Waals surface area contributed by atoms with Crippen molar-refractivity contribution >= 4 is 69.0 Å². The summed E-state index contributed by atoms with van der Waals surface area (Å²) < 4.78 is 10.7. The molecule has 16 nitrogen and oxygen atoms in total. The Bertz CT molecular complexity index is 2410. The minimum atomic E-state index is -1.56. The zero-order valence-electron chi connectivity index (χ0n) is 32.0. The summed E-state index contributed by atoms with van der Waals surface area (Å²) in [5.41, 5.74) is 7.92. The van der Waals surface area contributed by atoms with Crippen molar-refractivity contribution in [2.24, 2.45) is 0 Å². The van der Waals surface area contributed by atoms with Crippen LogP contribution >= 0.6 is 11.6 Å². The van der Waals surface area contributed by atoms with Gasteiger partial charge in [-0.25, -0.2) is 10.2 Å². The summed E-state index contributed by atoms with van der Waals surface area (Å²) in [5.74, 6) is -2.30. The molecule has 0 spiro atoms. The van der Waals surface area contributed by atoms with E-state index in [4.69, 9.17) is 21.1 Å². The molecule has 5 aromatic rings. The first-order valence-corrected chi connectivity index (χ1v) is 18.9. The highest BCUT2D eigenvalue weighted by Gasteiger charge is 2.31. The van der Waals surface area contributed by atoms with Gasteiger partial charge in [-0.2, -0.15) is 0 Å². The number of aromatic amines is 2. The number of methoxy groups -OCH3 is 2. The third kappa shape index (κ3) is 10.1. The highest BCUT2D eigenvalue weighted by atomic mass is 35.5. The van der Waals surface area contributed by atoms with Crippen LogP contribution in [0.4, 0.5) is 17.1 Å². The van der Waals surface area contributed by atoms with Gasteiger partial charge in [0.2, 0.25) is 0 Å². The van der Waals surface area contributed by atoms with Crippen LogP contribution in [0.15, 0.2) is 77.6 Å². The number of H-pyrrole nitrogens is 2. The molecule has 1 atom stereocenters. The Labute approximate surface area is 338 Å². The van der Waals surface area contributed by atoms with E-state index in [0.29, 0.717) is 29.0 Å². The largest absolute Gasteiger partial charge is 0.496 e. The Hall–Kier alpha value is -6.49. The maximum Gasteiger partial charge on any atom is 0.323 e. The van der Waals surface area contributed by atoms with E-state index in [1.165, 1.54) is 70.0 Å². The smallest absolute Gasteiger partial charge is 0.323 e. The Morgan fingerprint density at radius 1 is 0.741 bits per heavy atom. The maximum absolute atomic E-state index is 14.0. The SMILES string of the molecule is COc1cc(C(=O)C(NNc2ccc(C(=O)Nc3cc(C(C)=O)cc(C(=O)NCCN4CCCCC4)c3)cc2)C(=O)Nc2ccc3[nH]c(=O)[nH]c3c2)c(OC)cc1Cl. The minimum absolute atomic E-state index is 0.00238. The van der Waals surface area contributed by atoms with E-state index >= 15 is 0 Å². The number of carbonyl (C=O) groups is 5. The van der Waals surface area contributed by atoms with E-state index in [2.05, 4.69) is 41.7 Å². The van der Waals surface area contributed by atoms with Gasteiger partial charge in [0.15, 0.2) is 17.6 Å². The van der Waals surface area contributed by atoms with Gasteiger partial charge in [-0.3, -0.25) is 24.0 Å². The number of amides is 3. The number of imidazole rings is 1.